The molecule has 0 radical (unpaired) electrons. The van der Waals surface area contributed by atoms with Crippen LogP contribution in [0, 0.1) is 20.2 Å². The lowest BCUT2D eigenvalue weighted by Gasteiger charge is -2.11. The number of nitro groups is 2. The predicted octanol–water partition coefficient (Wildman–Crippen LogP) is 9.51. The van der Waals surface area contributed by atoms with E-state index in [0.29, 0.717) is 12.1 Å². The van der Waals surface area contributed by atoms with Crippen molar-refractivity contribution in [2.45, 2.75) is 12.4 Å². The summed E-state index contributed by atoms with van der Waals surface area (Å²) in [7, 11) is 0. The van der Waals surface area contributed by atoms with Gasteiger partial charge in [0.1, 0.15) is 34.1 Å². The number of halogens is 8. The van der Waals surface area contributed by atoms with Gasteiger partial charge in [-0.3, -0.25) is 20.2 Å². The molecule has 4 aromatic carbocycles. The third-order valence-corrected chi connectivity index (χ3v) is 6.36. The topological polar surface area (TPSA) is 179 Å². The van der Waals surface area contributed by atoms with Crippen LogP contribution in [-0.2, 0) is 12.4 Å². The van der Waals surface area contributed by atoms with Crippen LogP contribution in [0.5, 0.6) is 23.0 Å². The molecule has 2 N–H and O–H groups in total. The van der Waals surface area contributed by atoms with E-state index in [1.165, 1.54) is 0 Å². The standard InChI is InChI=1S/2C14H7ClF3NO5/c2*15-10-5-7(14(16,17)18)1-4-12(10)24-8-2-3-11(19(22)23)9(6-8)13(20)21/h2*1-6H,(H,20,21). The minimum absolute atomic E-state index is 0.125. The molecular formula is C28H14Cl2F6N2O10. The number of carboxylic acid groups (broad SMARTS) is 2. The predicted molar refractivity (Wildman–Crippen MR) is 153 cm³/mol. The average molecular weight is 723 g/mol. The van der Waals surface area contributed by atoms with Gasteiger partial charge in [-0.2, -0.15) is 26.3 Å². The van der Waals surface area contributed by atoms with Crippen LogP contribution in [0.1, 0.15) is 31.8 Å². The lowest BCUT2D eigenvalue weighted by molar-refractivity contribution is -0.385. The first-order valence-electron chi connectivity index (χ1n) is 12.3. The number of ether oxygens (including phenoxy) is 2. The monoisotopic (exact) mass is 722 g/mol. The van der Waals surface area contributed by atoms with Crippen molar-refractivity contribution in [3.63, 3.8) is 0 Å². The van der Waals surface area contributed by atoms with E-state index in [0.717, 1.165) is 60.7 Å². The van der Waals surface area contributed by atoms with Gasteiger partial charge in [0.25, 0.3) is 11.4 Å². The molecule has 0 aromatic heterocycles. The van der Waals surface area contributed by atoms with E-state index in [1.807, 2.05) is 0 Å². The fraction of sp³-hybridized carbons (Fsp3) is 0.0714. The van der Waals surface area contributed by atoms with Crippen LogP contribution in [0.15, 0.2) is 72.8 Å². The van der Waals surface area contributed by atoms with Crippen LogP contribution in [0.4, 0.5) is 37.7 Å². The van der Waals surface area contributed by atoms with E-state index in [9.17, 15) is 56.2 Å². The third kappa shape index (κ3) is 9.23. The first-order chi connectivity index (χ1) is 22.2. The van der Waals surface area contributed by atoms with Crippen molar-refractivity contribution >= 4 is 46.5 Å². The van der Waals surface area contributed by atoms with Crippen molar-refractivity contribution in [3.8, 4) is 23.0 Å². The average Bonchev–Trinajstić information content (AvgIpc) is 2.98. The summed E-state index contributed by atoms with van der Waals surface area (Å²) >= 11 is 11.4. The molecule has 0 saturated carbocycles. The van der Waals surface area contributed by atoms with Gasteiger partial charge in [-0.05, 0) is 48.5 Å². The first kappa shape index (κ1) is 36.8. The van der Waals surface area contributed by atoms with E-state index in [2.05, 4.69) is 0 Å². The lowest BCUT2D eigenvalue weighted by atomic mass is 10.1. The van der Waals surface area contributed by atoms with Crippen LogP contribution in [0.2, 0.25) is 10.0 Å². The van der Waals surface area contributed by atoms with E-state index in [-0.39, 0.29) is 33.0 Å². The summed E-state index contributed by atoms with van der Waals surface area (Å²) < 4.78 is 85.8. The highest BCUT2D eigenvalue weighted by atomic mass is 35.5. The molecule has 0 heterocycles. The Kier molecular flexibility index (Phi) is 11.1. The summed E-state index contributed by atoms with van der Waals surface area (Å²) in [6.45, 7) is 0. The minimum Gasteiger partial charge on any atom is -0.477 e. The molecule has 12 nitrogen and oxygen atoms in total. The highest BCUT2D eigenvalue weighted by Crippen LogP contribution is 2.38. The number of nitro benzene ring substituents is 2. The summed E-state index contributed by atoms with van der Waals surface area (Å²) in [5.41, 5.74) is -4.49. The summed E-state index contributed by atoms with van der Waals surface area (Å²) in [6, 6.07) is 10.5. The van der Waals surface area contributed by atoms with Gasteiger partial charge in [0.15, 0.2) is 0 Å². The molecule has 0 spiro atoms. The Bertz CT molecular complexity index is 1780. The summed E-state index contributed by atoms with van der Waals surface area (Å²) in [5.74, 6) is -3.67. The van der Waals surface area contributed by atoms with Crippen molar-refractivity contribution in [2.24, 2.45) is 0 Å². The quantitative estimate of drug-likeness (QED) is 0.101. The molecule has 4 rings (SSSR count). The fourth-order valence-electron chi connectivity index (χ4n) is 3.59. The van der Waals surface area contributed by atoms with E-state index in [1.54, 1.807) is 0 Å². The molecule has 0 fully saturated rings. The second kappa shape index (κ2) is 14.4. The van der Waals surface area contributed by atoms with Gasteiger partial charge in [0.05, 0.1) is 31.0 Å². The van der Waals surface area contributed by atoms with Gasteiger partial charge in [-0.25, -0.2) is 9.59 Å². The molecule has 0 aliphatic heterocycles. The number of aromatic carboxylic acids is 2. The molecule has 0 saturated heterocycles. The number of hydrogen-bond donors (Lipinski definition) is 2. The smallest absolute Gasteiger partial charge is 0.416 e. The summed E-state index contributed by atoms with van der Waals surface area (Å²) in [6.07, 6.45) is -9.15. The number of benzene rings is 4. The van der Waals surface area contributed by atoms with Crippen LogP contribution in [-0.4, -0.2) is 32.0 Å². The van der Waals surface area contributed by atoms with Gasteiger partial charge in [0, 0.05) is 24.3 Å². The molecule has 0 amide bonds. The van der Waals surface area contributed by atoms with E-state index < -0.39 is 67.8 Å². The van der Waals surface area contributed by atoms with Crippen LogP contribution in [0.25, 0.3) is 0 Å². The number of rotatable bonds is 8. The van der Waals surface area contributed by atoms with Crippen molar-refractivity contribution < 1.29 is 65.5 Å². The lowest BCUT2D eigenvalue weighted by Crippen LogP contribution is -2.05. The molecular weight excluding hydrogens is 709 g/mol. The van der Waals surface area contributed by atoms with Gasteiger partial charge < -0.3 is 19.7 Å². The molecule has 48 heavy (non-hydrogen) atoms. The zero-order valence-corrected chi connectivity index (χ0v) is 24.5. The molecule has 0 atom stereocenters. The van der Waals surface area contributed by atoms with E-state index in [4.69, 9.17) is 42.9 Å². The second-order valence-electron chi connectivity index (χ2n) is 8.97. The van der Waals surface area contributed by atoms with Crippen molar-refractivity contribution in [1.82, 2.24) is 0 Å². The third-order valence-electron chi connectivity index (χ3n) is 5.76. The molecule has 252 valence electrons. The van der Waals surface area contributed by atoms with Gasteiger partial charge in [0.2, 0.25) is 0 Å². The largest absolute Gasteiger partial charge is 0.477 e. The number of hydrogen-bond acceptors (Lipinski definition) is 8. The Morgan fingerprint density at radius 3 is 1.19 bits per heavy atom. The minimum atomic E-state index is -4.58. The van der Waals surface area contributed by atoms with Gasteiger partial charge >= 0.3 is 24.3 Å². The Balaban J connectivity index is 0.000000260. The molecule has 20 heteroatoms. The highest BCUT2D eigenvalue weighted by molar-refractivity contribution is 6.32. The van der Waals surface area contributed by atoms with Gasteiger partial charge in [-0.15, -0.1) is 0 Å². The number of carboxylic acids is 2. The molecule has 4 aromatic rings. The maximum Gasteiger partial charge on any atom is 0.416 e. The number of carbonyl (C=O) groups is 2. The van der Waals surface area contributed by atoms with E-state index >= 15 is 0 Å². The second-order valence-corrected chi connectivity index (χ2v) is 9.79. The van der Waals surface area contributed by atoms with Crippen LogP contribution in [0.3, 0.4) is 0 Å². The maximum atomic E-state index is 12.6. The highest BCUT2D eigenvalue weighted by Gasteiger charge is 2.32. The summed E-state index contributed by atoms with van der Waals surface area (Å²) in [5, 5.41) is 38.8. The van der Waals surface area contributed by atoms with Crippen molar-refractivity contribution in [1.29, 1.82) is 0 Å². The summed E-state index contributed by atoms with van der Waals surface area (Å²) in [4.78, 5) is 41.8. The van der Waals surface area contributed by atoms with Gasteiger partial charge in [-0.1, -0.05) is 23.2 Å². The zero-order valence-electron chi connectivity index (χ0n) is 23.0. The maximum absolute atomic E-state index is 12.6. The molecule has 0 aliphatic rings. The number of nitrogens with zero attached hydrogens (tertiary/aromatic N) is 2. The zero-order chi connectivity index (χ0) is 36.1. The number of alkyl halides is 6. The Morgan fingerprint density at radius 2 is 0.938 bits per heavy atom. The van der Waals surface area contributed by atoms with Crippen molar-refractivity contribution in [2.75, 3.05) is 0 Å². The normalized spacial score (nSPS) is 11.2. The Morgan fingerprint density at radius 1 is 0.604 bits per heavy atom. The Labute approximate surface area is 272 Å². The first-order valence-corrected chi connectivity index (χ1v) is 13.1. The molecule has 0 unspecified atom stereocenters. The molecule has 0 aliphatic carbocycles. The van der Waals surface area contributed by atoms with Crippen molar-refractivity contribution in [3.05, 3.63) is 125 Å². The van der Waals surface area contributed by atoms with Crippen LogP contribution >= 0.6 is 23.2 Å². The van der Waals surface area contributed by atoms with Crippen LogP contribution < -0.4 is 9.47 Å². The molecule has 0 bridgehead atoms. The Hall–Kier alpha value is -5.62. The fourth-order valence-corrected chi connectivity index (χ4v) is 4.03. The SMILES string of the molecule is O=C(O)c1cc(Oc2ccc(C(F)(F)F)cc2Cl)ccc1[N+](=O)[O-].O=C(O)c1cc(Oc2ccc(C(F)(F)F)cc2Cl)ccc1[N+](=O)[O-].